The highest BCUT2D eigenvalue weighted by Crippen LogP contribution is 2.21. The second-order valence-corrected chi connectivity index (χ2v) is 5.22. The molecule has 116 valence electrons. The standard InChI is InChI=1S/C14H21N3O3S/c1-5-20-12(19)7-6-11-8-15-14(21-4)16-13(11)17(3)9-10(2)18/h6-8,10,18H,5,9H2,1-4H3/b7-6+/t10-/m0/s1. The van der Waals surface area contributed by atoms with E-state index in [4.69, 9.17) is 4.74 Å². The molecule has 0 aliphatic rings. The van der Waals surface area contributed by atoms with Gasteiger partial charge in [-0.05, 0) is 26.2 Å². The van der Waals surface area contributed by atoms with Gasteiger partial charge in [-0.15, -0.1) is 0 Å². The molecule has 1 rings (SSSR count). The van der Waals surface area contributed by atoms with E-state index in [1.807, 2.05) is 18.2 Å². The van der Waals surface area contributed by atoms with Crippen LogP contribution >= 0.6 is 11.8 Å². The van der Waals surface area contributed by atoms with Gasteiger partial charge in [-0.2, -0.15) is 0 Å². The molecule has 1 heterocycles. The Kier molecular flexibility index (Phi) is 7.18. The van der Waals surface area contributed by atoms with Gasteiger partial charge in [0.2, 0.25) is 0 Å². The number of aliphatic hydroxyl groups is 1. The SMILES string of the molecule is CCOC(=O)/C=C/c1cnc(SC)nc1N(C)C[C@H](C)O. The summed E-state index contributed by atoms with van der Waals surface area (Å²) in [5, 5.41) is 10.1. The van der Waals surface area contributed by atoms with Crippen molar-refractivity contribution in [3.05, 3.63) is 17.8 Å². The third kappa shape index (κ3) is 5.73. The summed E-state index contributed by atoms with van der Waals surface area (Å²) in [5.41, 5.74) is 0.698. The summed E-state index contributed by atoms with van der Waals surface area (Å²) < 4.78 is 4.85. The molecule has 7 heteroatoms. The summed E-state index contributed by atoms with van der Waals surface area (Å²) >= 11 is 1.43. The molecular formula is C14H21N3O3S. The Morgan fingerprint density at radius 2 is 2.33 bits per heavy atom. The number of hydrogen-bond donors (Lipinski definition) is 1. The van der Waals surface area contributed by atoms with E-state index < -0.39 is 12.1 Å². The van der Waals surface area contributed by atoms with Gasteiger partial charge in [0.05, 0.1) is 12.7 Å². The van der Waals surface area contributed by atoms with Gasteiger partial charge < -0.3 is 14.7 Å². The van der Waals surface area contributed by atoms with Gasteiger partial charge in [-0.1, -0.05) is 11.8 Å². The fourth-order valence-electron chi connectivity index (χ4n) is 1.72. The number of ether oxygens (including phenoxy) is 1. The Labute approximate surface area is 129 Å². The summed E-state index contributed by atoms with van der Waals surface area (Å²) in [6.45, 7) is 4.23. The van der Waals surface area contributed by atoms with Gasteiger partial charge in [0.15, 0.2) is 5.16 Å². The lowest BCUT2D eigenvalue weighted by molar-refractivity contribution is -0.137. The maximum absolute atomic E-state index is 11.4. The van der Waals surface area contributed by atoms with E-state index >= 15 is 0 Å². The van der Waals surface area contributed by atoms with Gasteiger partial charge in [0.25, 0.3) is 0 Å². The fraction of sp³-hybridized carbons (Fsp3) is 0.500. The molecule has 1 aromatic rings. The predicted octanol–water partition coefficient (Wildman–Crippen LogP) is 1.59. The predicted molar refractivity (Wildman–Crippen MR) is 84.4 cm³/mol. The number of esters is 1. The molecule has 0 aromatic carbocycles. The van der Waals surface area contributed by atoms with E-state index in [-0.39, 0.29) is 0 Å². The maximum Gasteiger partial charge on any atom is 0.330 e. The monoisotopic (exact) mass is 311 g/mol. The fourth-order valence-corrected chi connectivity index (χ4v) is 2.06. The van der Waals surface area contributed by atoms with Crippen LogP contribution in [-0.2, 0) is 9.53 Å². The molecule has 1 N–H and O–H groups in total. The third-order valence-electron chi connectivity index (χ3n) is 2.54. The molecule has 0 saturated carbocycles. The highest BCUT2D eigenvalue weighted by Gasteiger charge is 2.12. The van der Waals surface area contributed by atoms with Crippen molar-refractivity contribution in [1.82, 2.24) is 9.97 Å². The highest BCUT2D eigenvalue weighted by molar-refractivity contribution is 7.98. The summed E-state index contributed by atoms with van der Waals surface area (Å²) in [5.74, 6) is 0.256. The first-order valence-electron chi connectivity index (χ1n) is 6.63. The second kappa shape index (κ2) is 8.63. The van der Waals surface area contributed by atoms with E-state index in [1.165, 1.54) is 17.8 Å². The Bertz CT molecular complexity index is 506. The smallest absolute Gasteiger partial charge is 0.330 e. The number of carbonyl (C=O) groups excluding carboxylic acids is 1. The number of carbonyl (C=O) groups is 1. The van der Waals surface area contributed by atoms with Crippen LogP contribution in [-0.4, -0.2) is 53.6 Å². The van der Waals surface area contributed by atoms with E-state index in [1.54, 1.807) is 26.1 Å². The van der Waals surface area contributed by atoms with Crippen LogP contribution in [0.1, 0.15) is 19.4 Å². The minimum atomic E-state index is -0.482. The molecule has 0 fully saturated rings. The van der Waals surface area contributed by atoms with Crippen LogP contribution in [0, 0.1) is 0 Å². The minimum absolute atomic E-state index is 0.333. The number of likely N-dealkylation sites (N-methyl/N-ethyl adjacent to an activating group) is 1. The summed E-state index contributed by atoms with van der Waals surface area (Å²) in [4.78, 5) is 21.9. The lowest BCUT2D eigenvalue weighted by atomic mass is 10.2. The quantitative estimate of drug-likeness (QED) is 0.355. The van der Waals surface area contributed by atoms with E-state index in [9.17, 15) is 9.90 Å². The largest absolute Gasteiger partial charge is 0.463 e. The van der Waals surface area contributed by atoms with E-state index in [0.717, 1.165) is 0 Å². The van der Waals surface area contributed by atoms with Gasteiger partial charge in [-0.25, -0.2) is 14.8 Å². The van der Waals surface area contributed by atoms with Crippen LogP contribution in [0.5, 0.6) is 0 Å². The van der Waals surface area contributed by atoms with Gasteiger partial charge >= 0.3 is 5.97 Å². The number of nitrogens with zero attached hydrogens (tertiary/aromatic N) is 3. The molecule has 6 nitrogen and oxygen atoms in total. The number of aliphatic hydroxyl groups excluding tert-OH is 1. The summed E-state index contributed by atoms with van der Waals surface area (Å²) in [6.07, 6.45) is 6.03. The minimum Gasteiger partial charge on any atom is -0.463 e. The number of anilines is 1. The molecule has 0 aliphatic heterocycles. The Morgan fingerprint density at radius 3 is 2.90 bits per heavy atom. The number of hydrogen-bond acceptors (Lipinski definition) is 7. The average Bonchev–Trinajstić information content (AvgIpc) is 2.44. The van der Waals surface area contributed by atoms with Gasteiger partial charge in [-0.3, -0.25) is 0 Å². The first kappa shape index (κ1) is 17.5. The molecule has 0 radical (unpaired) electrons. The van der Waals surface area contributed by atoms with E-state index in [0.29, 0.717) is 29.7 Å². The van der Waals surface area contributed by atoms with Crippen LogP contribution in [0.25, 0.3) is 6.08 Å². The molecule has 0 bridgehead atoms. The average molecular weight is 311 g/mol. The topological polar surface area (TPSA) is 75.5 Å². The zero-order chi connectivity index (χ0) is 15.8. The van der Waals surface area contributed by atoms with E-state index in [2.05, 4.69) is 9.97 Å². The van der Waals surface area contributed by atoms with Crippen molar-refractivity contribution in [1.29, 1.82) is 0 Å². The molecule has 0 unspecified atom stereocenters. The van der Waals surface area contributed by atoms with Crippen LogP contribution in [0.4, 0.5) is 5.82 Å². The lowest BCUT2D eigenvalue weighted by Gasteiger charge is -2.21. The highest BCUT2D eigenvalue weighted by atomic mass is 32.2. The van der Waals surface area contributed by atoms with Crippen LogP contribution in [0.3, 0.4) is 0 Å². The molecule has 0 saturated heterocycles. The molecular weight excluding hydrogens is 290 g/mol. The van der Waals surface area contributed by atoms with Crippen molar-refractivity contribution in [3.8, 4) is 0 Å². The van der Waals surface area contributed by atoms with Crippen molar-refractivity contribution >= 4 is 29.6 Å². The van der Waals surface area contributed by atoms with Crippen LogP contribution in [0.2, 0.25) is 0 Å². The number of rotatable bonds is 7. The van der Waals surface area contributed by atoms with Crippen LogP contribution < -0.4 is 4.90 Å². The molecule has 0 spiro atoms. The van der Waals surface area contributed by atoms with Crippen molar-refractivity contribution in [2.75, 3.05) is 31.4 Å². The van der Waals surface area contributed by atoms with Crippen molar-refractivity contribution < 1.29 is 14.6 Å². The van der Waals surface area contributed by atoms with Crippen LogP contribution in [0.15, 0.2) is 17.4 Å². The first-order valence-corrected chi connectivity index (χ1v) is 7.85. The number of thioether (sulfide) groups is 1. The Balaban J connectivity index is 3.04. The van der Waals surface area contributed by atoms with Crippen molar-refractivity contribution in [2.45, 2.75) is 25.1 Å². The maximum atomic E-state index is 11.4. The molecule has 0 aliphatic carbocycles. The summed E-state index contributed by atoms with van der Waals surface area (Å²) in [6, 6.07) is 0. The van der Waals surface area contributed by atoms with Crippen molar-refractivity contribution in [3.63, 3.8) is 0 Å². The third-order valence-corrected chi connectivity index (χ3v) is 3.10. The Hall–Kier alpha value is -1.60. The first-order chi connectivity index (χ1) is 9.97. The zero-order valence-electron chi connectivity index (χ0n) is 12.7. The normalized spacial score (nSPS) is 12.4. The molecule has 1 atom stereocenters. The zero-order valence-corrected chi connectivity index (χ0v) is 13.6. The molecule has 0 amide bonds. The number of aromatic nitrogens is 2. The van der Waals surface area contributed by atoms with Gasteiger partial charge in [0.1, 0.15) is 5.82 Å². The lowest BCUT2D eigenvalue weighted by Crippen LogP contribution is -2.28. The molecule has 1 aromatic heterocycles. The second-order valence-electron chi connectivity index (χ2n) is 4.45. The molecule has 21 heavy (non-hydrogen) atoms. The van der Waals surface area contributed by atoms with Gasteiger partial charge in [0, 0.05) is 31.4 Å². The Morgan fingerprint density at radius 1 is 1.62 bits per heavy atom. The van der Waals surface area contributed by atoms with Crippen molar-refractivity contribution in [2.24, 2.45) is 0 Å². The summed E-state index contributed by atoms with van der Waals surface area (Å²) in [7, 11) is 1.83.